The minimum Gasteiger partial charge on any atom is -0.0928 e. The second-order valence-electron chi connectivity index (χ2n) is 8.22. The Bertz CT molecular complexity index is 226. The molecular weight excluding hydrogens is 368 g/mol. The van der Waals surface area contributed by atoms with Crippen LogP contribution in [0.5, 0.6) is 0 Å². The molecule has 0 nitrogen and oxygen atoms in total. The molecule has 0 rings (SSSR count). The van der Waals surface area contributed by atoms with Crippen molar-refractivity contribution in [2.75, 3.05) is 5.33 Å². The third-order valence-corrected chi connectivity index (χ3v) is 6.24. The zero-order valence-corrected chi connectivity index (χ0v) is 19.4. The van der Waals surface area contributed by atoms with E-state index in [9.17, 15) is 0 Å². The van der Waals surface area contributed by atoms with Gasteiger partial charge in [-0.2, -0.15) is 0 Å². The second-order valence-corrected chi connectivity index (χ2v) is 9.02. The molecule has 0 amide bonds. The maximum Gasteiger partial charge on any atom is 0.00313 e. The highest BCUT2D eigenvalue weighted by Crippen LogP contribution is 2.24. The molecule has 0 fully saturated rings. The van der Waals surface area contributed by atoms with Crippen LogP contribution in [0.1, 0.15) is 142 Å². The quantitative estimate of drug-likeness (QED) is 0.129. The van der Waals surface area contributed by atoms with Crippen molar-refractivity contribution in [1.82, 2.24) is 0 Å². The van der Waals surface area contributed by atoms with Crippen LogP contribution in [0.25, 0.3) is 0 Å². The summed E-state index contributed by atoms with van der Waals surface area (Å²) < 4.78 is 0. The largest absolute Gasteiger partial charge is 0.0928 e. The van der Waals surface area contributed by atoms with Crippen molar-refractivity contribution in [2.45, 2.75) is 142 Å². The minimum atomic E-state index is 1.03. The topological polar surface area (TPSA) is 0 Å². The molecule has 0 heterocycles. The van der Waals surface area contributed by atoms with E-state index in [0.717, 1.165) is 5.92 Å². The fraction of sp³-hybridized carbons (Fsp3) is 1.00. The van der Waals surface area contributed by atoms with Crippen LogP contribution in [0.3, 0.4) is 0 Å². The number of hydrogen-bond acceptors (Lipinski definition) is 0. The zero-order chi connectivity index (χ0) is 18.4. The maximum atomic E-state index is 3.57. The van der Waals surface area contributed by atoms with Crippen LogP contribution >= 0.6 is 15.9 Å². The fourth-order valence-electron chi connectivity index (χ4n) is 3.92. The average Bonchev–Trinajstić information content (AvgIpc) is 2.63. The number of unbranched alkanes of at least 4 members (excludes halogenated alkanes) is 14. The van der Waals surface area contributed by atoms with Gasteiger partial charge in [0.25, 0.3) is 0 Å². The Morgan fingerprint density at radius 3 is 1.12 bits per heavy atom. The average molecular weight is 418 g/mol. The third kappa shape index (κ3) is 20.6. The van der Waals surface area contributed by atoms with Crippen molar-refractivity contribution in [2.24, 2.45) is 5.92 Å². The number of halogens is 1. The fourth-order valence-corrected chi connectivity index (χ4v) is 4.31. The first-order chi connectivity index (χ1) is 12.3. The Balaban J connectivity index is 3.69. The summed E-state index contributed by atoms with van der Waals surface area (Å²) in [5.74, 6) is 1.03. The van der Waals surface area contributed by atoms with Crippen LogP contribution < -0.4 is 0 Å². The molecule has 0 saturated heterocycles. The van der Waals surface area contributed by atoms with Crippen molar-refractivity contribution >= 4 is 15.9 Å². The maximum absolute atomic E-state index is 3.57. The summed E-state index contributed by atoms with van der Waals surface area (Å²) in [6.45, 7) is 4.62. The highest BCUT2D eigenvalue weighted by molar-refractivity contribution is 9.09. The lowest BCUT2D eigenvalue weighted by Gasteiger charge is -2.17. The van der Waals surface area contributed by atoms with Crippen LogP contribution in [0.4, 0.5) is 0 Å². The van der Waals surface area contributed by atoms with Gasteiger partial charge in [0.05, 0.1) is 0 Å². The van der Waals surface area contributed by atoms with Crippen molar-refractivity contribution in [3.63, 3.8) is 0 Å². The van der Waals surface area contributed by atoms with E-state index in [-0.39, 0.29) is 0 Å². The van der Waals surface area contributed by atoms with Gasteiger partial charge in [0.2, 0.25) is 0 Å². The monoisotopic (exact) mass is 416 g/mol. The van der Waals surface area contributed by atoms with Gasteiger partial charge in [-0.1, -0.05) is 152 Å². The van der Waals surface area contributed by atoms with Crippen LogP contribution in [0, 0.1) is 5.92 Å². The summed E-state index contributed by atoms with van der Waals surface area (Å²) in [4.78, 5) is 0. The van der Waals surface area contributed by atoms with E-state index in [1.54, 1.807) is 0 Å². The molecule has 0 aromatic heterocycles. The van der Waals surface area contributed by atoms with E-state index in [1.807, 2.05) is 0 Å². The highest BCUT2D eigenvalue weighted by atomic mass is 79.9. The van der Waals surface area contributed by atoms with E-state index < -0.39 is 0 Å². The van der Waals surface area contributed by atoms with Crippen molar-refractivity contribution in [1.29, 1.82) is 0 Å². The molecule has 0 N–H and O–H groups in total. The summed E-state index contributed by atoms with van der Waals surface area (Å²) in [6.07, 6.45) is 29.2. The van der Waals surface area contributed by atoms with Crippen molar-refractivity contribution in [3.05, 3.63) is 0 Å². The summed E-state index contributed by atoms with van der Waals surface area (Å²) in [5.41, 5.74) is 0. The molecule has 152 valence electrons. The molecule has 25 heavy (non-hydrogen) atoms. The summed E-state index contributed by atoms with van der Waals surface area (Å²) in [7, 11) is 0. The van der Waals surface area contributed by atoms with Gasteiger partial charge in [-0.05, 0) is 12.3 Å². The van der Waals surface area contributed by atoms with E-state index in [4.69, 9.17) is 0 Å². The molecule has 0 spiro atoms. The number of alkyl halides is 1. The predicted molar refractivity (Wildman–Crippen MR) is 121 cm³/mol. The van der Waals surface area contributed by atoms with Gasteiger partial charge < -0.3 is 0 Å². The summed E-state index contributed by atoms with van der Waals surface area (Å²) in [6, 6.07) is 0. The Morgan fingerprint density at radius 1 is 0.440 bits per heavy atom. The van der Waals surface area contributed by atoms with Crippen LogP contribution in [-0.4, -0.2) is 5.33 Å². The minimum absolute atomic E-state index is 1.03. The van der Waals surface area contributed by atoms with Gasteiger partial charge in [0, 0.05) is 5.33 Å². The van der Waals surface area contributed by atoms with Crippen LogP contribution in [0.2, 0.25) is 0 Å². The molecule has 1 unspecified atom stereocenters. The Morgan fingerprint density at radius 2 is 0.760 bits per heavy atom. The first-order valence-electron chi connectivity index (χ1n) is 11.9. The molecule has 1 heteroatoms. The highest BCUT2D eigenvalue weighted by Gasteiger charge is 2.08. The first-order valence-corrected chi connectivity index (χ1v) is 13.0. The predicted octanol–water partition coefficient (Wildman–Crippen LogP) is 9.84. The molecule has 0 aromatic carbocycles. The van der Waals surface area contributed by atoms with Gasteiger partial charge >= 0.3 is 0 Å². The van der Waals surface area contributed by atoms with Crippen molar-refractivity contribution in [3.8, 4) is 0 Å². The Kier molecular flexibility index (Phi) is 23.0. The SMILES string of the molecule is CCCCCCCCCCC(CCCCCBr)CCCCCCCC. The summed E-state index contributed by atoms with van der Waals surface area (Å²) in [5, 5.41) is 1.19. The lowest BCUT2D eigenvalue weighted by atomic mass is 9.89. The zero-order valence-electron chi connectivity index (χ0n) is 17.8. The van der Waals surface area contributed by atoms with Crippen molar-refractivity contribution < 1.29 is 0 Å². The number of hydrogen-bond donors (Lipinski definition) is 0. The molecule has 0 aliphatic rings. The molecule has 0 aliphatic heterocycles. The third-order valence-electron chi connectivity index (χ3n) is 5.68. The standard InChI is InChI=1S/C24H49Br/c1-3-5-7-9-11-12-14-17-21-24(22-18-15-19-23-25)20-16-13-10-8-6-4-2/h24H,3-23H2,1-2H3. The normalized spacial score (nSPS) is 12.6. The van der Waals surface area contributed by atoms with E-state index in [2.05, 4.69) is 29.8 Å². The van der Waals surface area contributed by atoms with Gasteiger partial charge in [-0.3, -0.25) is 0 Å². The summed E-state index contributed by atoms with van der Waals surface area (Å²) >= 11 is 3.57. The lowest BCUT2D eigenvalue weighted by Crippen LogP contribution is -2.01. The van der Waals surface area contributed by atoms with Gasteiger partial charge in [-0.25, -0.2) is 0 Å². The van der Waals surface area contributed by atoms with Crippen LogP contribution in [-0.2, 0) is 0 Å². The molecular formula is C24H49Br. The second kappa shape index (κ2) is 22.5. The van der Waals surface area contributed by atoms with Gasteiger partial charge in [0.1, 0.15) is 0 Å². The van der Waals surface area contributed by atoms with E-state index >= 15 is 0 Å². The number of rotatable bonds is 21. The van der Waals surface area contributed by atoms with Crippen LogP contribution in [0.15, 0.2) is 0 Å². The smallest absolute Gasteiger partial charge is 0.00313 e. The van der Waals surface area contributed by atoms with E-state index in [0.29, 0.717) is 0 Å². The van der Waals surface area contributed by atoms with E-state index in [1.165, 1.54) is 134 Å². The Labute approximate surface area is 169 Å². The molecule has 0 aromatic rings. The first kappa shape index (κ1) is 25.5. The molecule has 1 atom stereocenters. The van der Waals surface area contributed by atoms with Gasteiger partial charge in [-0.15, -0.1) is 0 Å². The molecule has 0 saturated carbocycles. The molecule has 0 bridgehead atoms. The molecule has 0 aliphatic carbocycles. The Hall–Kier alpha value is 0.480. The molecule has 0 radical (unpaired) electrons. The van der Waals surface area contributed by atoms with Gasteiger partial charge in [0.15, 0.2) is 0 Å². The lowest BCUT2D eigenvalue weighted by molar-refractivity contribution is 0.368.